The number of para-hydroxylation sites is 1. The lowest BCUT2D eigenvalue weighted by atomic mass is 9.93. The van der Waals surface area contributed by atoms with Gasteiger partial charge in [0, 0.05) is 12.5 Å². The van der Waals surface area contributed by atoms with E-state index in [0.717, 1.165) is 0 Å². The Morgan fingerprint density at radius 2 is 1.91 bits per heavy atom. The quantitative estimate of drug-likeness (QED) is 0.622. The van der Waals surface area contributed by atoms with E-state index in [1.807, 2.05) is 25.1 Å². The Morgan fingerprint density at radius 3 is 2.61 bits per heavy atom. The van der Waals surface area contributed by atoms with Gasteiger partial charge in [-0.05, 0) is 18.1 Å². The Morgan fingerprint density at radius 1 is 1.17 bits per heavy atom. The molecule has 1 aromatic carbocycles. The molecule has 1 aromatic rings. The van der Waals surface area contributed by atoms with E-state index in [0.29, 0.717) is 17.9 Å². The lowest BCUT2D eigenvalue weighted by molar-refractivity contribution is -0.136. The minimum absolute atomic E-state index is 0.153. The number of benzene rings is 1. The molecule has 1 amide bonds. The summed E-state index contributed by atoms with van der Waals surface area (Å²) in [6.45, 7) is 2.55. The van der Waals surface area contributed by atoms with Crippen molar-refractivity contribution in [2.24, 2.45) is 11.8 Å². The van der Waals surface area contributed by atoms with Gasteiger partial charge in [0.15, 0.2) is 0 Å². The molecule has 0 radical (unpaired) electrons. The van der Waals surface area contributed by atoms with Crippen LogP contribution in [0.25, 0.3) is 0 Å². The number of amides is 1. The van der Waals surface area contributed by atoms with Crippen LogP contribution in [-0.4, -0.2) is 36.7 Å². The molecule has 23 heavy (non-hydrogen) atoms. The van der Waals surface area contributed by atoms with Crippen LogP contribution < -0.4 is 4.74 Å². The second-order valence-electron chi connectivity index (χ2n) is 5.80. The predicted octanol–water partition coefficient (Wildman–Crippen LogP) is 2.79. The predicted molar refractivity (Wildman–Crippen MR) is 84.9 cm³/mol. The molecular weight excluding hydrogens is 294 g/mol. The Hall–Kier alpha value is -2.56. The zero-order valence-electron chi connectivity index (χ0n) is 13.1. The number of hydrogen-bond acceptors (Lipinski definition) is 4. The molecule has 3 atom stereocenters. The van der Waals surface area contributed by atoms with Crippen molar-refractivity contribution in [2.75, 3.05) is 13.7 Å². The normalized spacial score (nSPS) is 25.6. The van der Waals surface area contributed by atoms with E-state index in [1.54, 1.807) is 29.2 Å². The van der Waals surface area contributed by atoms with Crippen LogP contribution in [0.1, 0.15) is 6.92 Å². The number of allylic oxidation sites excluding steroid dienone is 1. The lowest BCUT2D eigenvalue weighted by Gasteiger charge is -2.33. The highest BCUT2D eigenvalue weighted by Crippen LogP contribution is 2.33. The number of ether oxygens (including phenoxy) is 2. The van der Waals surface area contributed by atoms with Crippen molar-refractivity contribution in [2.45, 2.75) is 13.0 Å². The maximum atomic E-state index is 12.6. The van der Waals surface area contributed by atoms with Crippen LogP contribution in [0, 0.1) is 11.8 Å². The molecule has 0 saturated heterocycles. The van der Waals surface area contributed by atoms with Crippen molar-refractivity contribution in [3.8, 4) is 5.75 Å². The van der Waals surface area contributed by atoms with Crippen LogP contribution in [0.3, 0.4) is 0 Å². The fourth-order valence-corrected chi connectivity index (χ4v) is 3.01. The van der Waals surface area contributed by atoms with Crippen LogP contribution in [0.4, 0.5) is 4.79 Å². The second-order valence-corrected chi connectivity index (χ2v) is 5.80. The molecule has 0 N–H and O–H groups in total. The number of rotatable bonds is 2. The Labute approximate surface area is 135 Å². The highest BCUT2D eigenvalue weighted by molar-refractivity contribution is 5.91. The molecule has 2 aliphatic heterocycles. The van der Waals surface area contributed by atoms with Gasteiger partial charge >= 0.3 is 12.1 Å². The van der Waals surface area contributed by atoms with Crippen LogP contribution in [0.2, 0.25) is 0 Å². The van der Waals surface area contributed by atoms with E-state index < -0.39 is 18.1 Å². The summed E-state index contributed by atoms with van der Waals surface area (Å²) in [5.41, 5.74) is 0.487. The van der Waals surface area contributed by atoms with Gasteiger partial charge in [-0.25, -0.2) is 9.59 Å². The summed E-state index contributed by atoms with van der Waals surface area (Å²) < 4.78 is 10.3. The van der Waals surface area contributed by atoms with Crippen molar-refractivity contribution in [1.82, 2.24) is 4.90 Å². The first-order valence-corrected chi connectivity index (χ1v) is 7.62. The third-order valence-corrected chi connectivity index (χ3v) is 4.32. The van der Waals surface area contributed by atoms with Crippen molar-refractivity contribution in [3.05, 3.63) is 54.1 Å². The molecule has 3 aliphatic rings. The Kier molecular flexibility index (Phi) is 4.19. The van der Waals surface area contributed by atoms with Crippen molar-refractivity contribution >= 4 is 12.1 Å². The zero-order valence-corrected chi connectivity index (χ0v) is 13.1. The third-order valence-electron chi connectivity index (χ3n) is 4.32. The van der Waals surface area contributed by atoms with E-state index in [4.69, 9.17) is 9.47 Å². The van der Waals surface area contributed by atoms with Gasteiger partial charge < -0.3 is 9.47 Å². The van der Waals surface area contributed by atoms with Crippen LogP contribution in [0.15, 0.2) is 54.1 Å². The monoisotopic (exact) mass is 313 g/mol. The molecule has 0 unspecified atom stereocenters. The van der Waals surface area contributed by atoms with E-state index in [9.17, 15) is 9.59 Å². The number of fused-ring (bicyclic) bond motifs is 2. The number of carbonyl (C=O) groups excluding carboxylic acids is 2. The van der Waals surface area contributed by atoms with Crippen LogP contribution >= 0.6 is 0 Å². The molecule has 0 aromatic heterocycles. The minimum atomic E-state index is -0.459. The maximum absolute atomic E-state index is 12.6. The largest absolute Gasteiger partial charge is 0.466 e. The highest BCUT2D eigenvalue weighted by atomic mass is 16.6. The first-order chi connectivity index (χ1) is 11.1. The van der Waals surface area contributed by atoms with E-state index in [2.05, 4.69) is 6.08 Å². The molecule has 0 saturated carbocycles. The molecule has 2 bridgehead atoms. The van der Waals surface area contributed by atoms with Crippen molar-refractivity contribution in [3.63, 3.8) is 0 Å². The van der Waals surface area contributed by atoms with Crippen molar-refractivity contribution < 1.29 is 19.1 Å². The molecule has 0 fully saturated rings. The number of nitrogens with zero attached hydrogens (tertiary/aromatic N) is 1. The summed E-state index contributed by atoms with van der Waals surface area (Å²) in [4.78, 5) is 26.2. The number of carbonyl (C=O) groups is 2. The maximum Gasteiger partial charge on any atom is 0.416 e. The fraction of sp³-hybridized carbons (Fsp3) is 0.333. The van der Waals surface area contributed by atoms with Crippen molar-refractivity contribution in [1.29, 1.82) is 0 Å². The second kappa shape index (κ2) is 6.28. The molecule has 5 nitrogen and oxygen atoms in total. The first kappa shape index (κ1) is 15.3. The average Bonchev–Trinajstić information content (AvgIpc) is 2.82. The standard InChI is InChI=1S/C18H19NO4/c1-12-10-15(17(20)22-2)16-9-8-13(12)11-19(16)18(21)23-14-6-4-3-5-7-14/h3-10,12-13,16H,11H2,1-2H3/t12-,13+,16+/m0/s1. The molecular formula is C18H19NO4. The summed E-state index contributed by atoms with van der Waals surface area (Å²) in [7, 11) is 1.35. The summed E-state index contributed by atoms with van der Waals surface area (Å²) in [6, 6.07) is 8.47. The molecule has 0 spiro atoms. The number of methoxy groups -OCH3 is 1. The topological polar surface area (TPSA) is 55.8 Å². The summed E-state index contributed by atoms with van der Waals surface area (Å²) in [6.07, 6.45) is 5.39. The molecule has 5 heteroatoms. The highest BCUT2D eigenvalue weighted by Gasteiger charge is 2.39. The summed E-state index contributed by atoms with van der Waals surface area (Å²) in [5.74, 6) is 0.390. The van der Waals surface area contributed by atoms with E-state index in [-0.39, 0.29) is 11.8 Å². The van der Waals surface area contributed by atoms with Crippen LogP contribution in [-0.2, 0) is 9.53 Å². The van der Waals surface area contributed by atoms with Gasteiger partial charge in [0.1, 0.15) is 5.75 Å². The van der Waals surface area contributed by atoms with Gasteiger partial charge in [0.05, 0.1) is 18.7 Å². The van der Waals surface area contributed by atoms with E-state index in [1.165, 1.54) is 7.11 Å². The molecule has 2 heterocycles. The van der Waals surface area contributed by atoms with Gasteiger partial charge in [0.25, 0.3) is 0 Å². The molecule has 1 aliphatic carbocycles. The van der Waals surface area contributed by atoms with E-state index >= 15 is 0 Å². The van der Waals surface area contributed by atoms with Crippen LogP contribution in [0.5, 0.6) is 5.75 Å². The average molecular weight is 313 g/mol. The number of esters is 1. The summed E-state index contributed by atoms with van der Waals surface area (Å²) >= 11 is 0. The van der Waals surface area contributed by atoms with Gasteiger partial charge in [0.2, 0.25) is 0 Å². The molecule has 4 rings (SSSR count). The Balaban J connectivity index is 1.86. The van der Waals surface area contributed by atoms with Gasteiger partial charge in [-0.1, -0.05) is 43.4 Å². The zero-order chi connectivity index (χ0) is 16.4. The Bertz CT molecular complexity index is 665. The van der Waals surface area contributed by atoms with Gasteiger partial charge in [-0.2, -0.15) is 0 Å². The lowest BCUT2D eigenvalue weighted by Crippen LogP contribution is -2.47. The SMILES string of the molecule is COC(=O)C1=C[C@H](C)[C@@H]2C=C[C@H]1N(C(=O)Oc1ccccc1)C2. The van der Waals surface area contributed by atoms with Gasteiger partial charge in [-0.15, -0.1) is 0 Å². The summed E-state index contributed by atoms with van der Waals surface area (Å²) in [5, 5.41) is 0. The molecule has 120 valence electrons. The number of hydrogen-bond donors (Lipinski definition) is 0. The minimum Gasteiger partial charge on any atom is -0.466 e. The first-order valence-electron chi connectivity index (χ1n) is 7.62. The fourth-order valence-electron chi connectivity index (χ4n) is 3.01. The smallest absolute Gasteiger partial charge is 0.416 e. The third kappa shape index (κ3) is 2.99. The van der Waals surface area contributed by atoms with Gasteiger partial charge in [-0.3, -0.25) is 4.90 Å².